The van der Waals surface area contributed by atoms with Gasteiger partial charge in [0.25, 0.3) is 11.8 Å². The minimum Gasteiger partial charge on any atom is -0.545 e. The second-order valence-electron chi connectivity index (χ2n) is 9.02. The van der Waals surface area contributed by atoms with Gasteiger partial charge in [0.2, 0.25) is 11.5 Å². The van der Waals surface area contributed by atoms with Crippen LogP contribution in [0, 0.1) is 0 Å². The van der Waals surface area contributed by atoms with Gasteiger partial charge in [-0.3, -0.25) is 14.5 Å². The van der Waals surface area contributed by atoms with E-state index in [1.165, 1.54) is 28.8 Å². The van der Waals surface area contributed by atoms with Crippen molar-refractivity contribution in [2.45, 2.75) is 49.7 Å². The van der Waals surface area contributed by atoms with Crippen LogP contribution in [0.3, 0.4) is 0 Å². The van der Waals surface area contributed by atoms with Crippen LogP contribution in [-0.4, -0.2) is 72.7 Å². The Morgan fingerprint density at radius 1 is 1.32 bits per heavy atom. The van der Waals surface area contributed by atoms with Crippen molar-refractivity contribution in [2.75, 3.05) is 18.1 Å². The van der Waals surface area contributed by atoms with E-state index in [-0.39, 0.29) is 40.8 Å². The number of carbonyl (C=O) groups excluding carboxylic acids is 3. The molecule has 0 radical (unpaired) electrons. The summed E-state index contributed by atoms with van der Waals surface area (Å²) in [4.78, 5) is 48.4. The van der Waals surface area contributed by atoms with Crippen LogP contribution in [0.4, 0.5) is 5.13 Å². The molecule has 0 bridgehead atoms. The van der Waals surface area contributed by atoms with Gasteiger partial charge < -0.3 is 30.9 Å². The average Bonchev–Trinajstić information content (AvgIpc) is 3.59. The van der Waals surface area contributed by atoms with E-state index >= 15 is 0 Å². The first-order valence-corrected chi connectivity index (χ1v) is 13.8. The van der Waals surface area contributed by atoms with Crippen molar-refractivity contribution in [3.05, 3.63) is 47.2 Å². The Morgan fingerprint density at radius 2 is 2.05 bits per heavy atom. The van der Waals surface area contributed by atoms with Gasteiger partial charge in [0.15, 0.2) is 24.1 Å². The van der Waals surface area contributed by atoms with Crippen molar-refractivity contribution >= 4 is 51.9 Å². The van der Waals surface area contributed by atoms with Gasteiger partial charge in [0.1, 0.15) is 17.5 Å². The molecule has 2 aromatic heterocycles. The topological polar surface area (TPSA) is 187 Å². The zero-order chi connectivity index (χ0) is 26.8. The van der Waals surface area contributed by atoms with Gasteiger partial charge in [0, 0.05) is 40.6 Å². The number of carboxylic acids is 1. The largest absolute Gasteiger partial charge is 0.545 e. The van der Waals surface area contributed by atoms with Crippen molar-refractivity contribution in [3.63, 3.8) is 0 Å². The Labute approximate surface area is 225 Å². The lowest BCUT2D eigenvalue weighted by Crippen LogP contribution is -2.71. The molecule has 4 N–H and O–H groups in total. The number of anilines is 1. The van der Waals surface area contributed by atoms with Gasteiger partial charge >= 0.3 is 0 Å². The maximum absolute atomic E-state index is 13.2. The number of carboxylic acid groups (broad SMARTS) is 1. The number of carbonyl (C=O) groups is 3. The fourth-order valence-electron chi connectivity index (χ4n) is 4.58. The third kappa shape index (κ3) is 5.21. The molecule has 2 aliphatic heterocycles. The number of aromatic nitrogens is 3. The van der Waals surface area contributed by atoms with E-state index < -0.39 is 23.3 Å². The molecule has 0 aromatic carbocycles. The summed E-state index contributed by atoms with van der Waals surface area (Å²) >= 11 is 2.38. The van der Waals surface area contributed by atoms with Crippen LogP contribution in [0.25, 0.3) is 0 Å². The molecule has 15 heteroatoms. The summed E-state index contributed by atoms with van der Waals surface area (Å²) in [6, 6.07) is 2.01. The fourth-order valence-corrected chi connectivity index (χ4v) is 6.41. The second-order valence-corrected chi connectivity index (χ2v) is 10.9. The summed E-state index contributed by atoms with van der Waals surface area (Å²) in [5, 5.41) is 27.6. The van der Waals surface area contributed by atoms with Crippen molar-refractivity contribution < 1.29 is 34.0 Å². The summed E-state index contributed by atoms with van der Waals surface area (Å²) in [7, 11) is 0. The van der Waals surface area contributed by atoms with Crippen molar-refractivity contribution in [1.82, 2.24) is 19.6 Å². The average molecular weight is 560 g/mol. The van der Waals surface area contributed by atoms with Gasteiger partial charge in [-0.1, -0.05) is 5.16 Å². The van der Waals surface area contributed by atoms with E-state index in [2.05, 4.69) is 19.8 Å². The molecule has 1 saturated carbocycles. The predicted molar refractivity (Wildman–Crippen MR) is 134 cm³/mol. The van der Waals surface area contributed by atoms with Gasteiger partial charge in [-0.15, -0.1) is 11.8 Å². The molecule has 2 atom stereocenters. The summed E-state index contributed by atoms with van der Waals surface area (Å²) in [5.74, 6) is -1.75. The minimum absolute atomic E-state index is 0.0304. The van der Waals surface area contributed by atoms with Gasteiger partial charge in [-0.2, -0.15) is 9.36 Å². The number of amides is 2. The second kappa shape index (κ2) is 11.0. The molecule has 4 heterocycles. The molecule has 3 aliphatic rings. The smallest absolute Gasteiger partial charge is 0.278 e. The number of aromatic carboxylic acids is 1. The molecule has 200 valence electrons. The number of nitrogens with one attached hydrogen (secondary N) is 1. The fraction of sp³-hybridized carbons (Fsp3) is 0.435. The molecule has 1 saturated heterocycles. The zero-order valence-electron chi connectivity index (χ0n) is 20.1. The molecule has 2 aromatic rings. The van der Waals surface area contributed by atoms with Crippen LogP contribution >= 0.6 is 23.3 Å². The Morgan fingerprint density at radius 3 is 2.68 bits per heavy atom. The highest BCUT2D eigenvalue weighted by Crippen LogP contribution is 2.40. The molecule has 2 amide bonds. The summed E-state index contributed by atoms with van der Waals surface area (Å²) < 4.78 is 5.83. The number of pyridine rings is 1. The van der Waals surface area contributed by atoms with Crippen LogP contribution < -0.4 is 20.7 Å². The van der Waals surface area contributed by atoms with Crippen molar-refractivity contribution in [1.29, 1.82) is 0 Å². The van der Waals surface area contributed by atoms with E-state index in [0.717, 1.165) is 42.8 Å². The minimum atomic E-state index is -1.27. The summed E-state index contributed by atoms with van der Waals surface area (Å²) in [6.07, 6.45) is 6.85. The van der Waals surface area contributed by atoms with Crippen molar-refractivity contribution in [2.24, 2.45) is 5.16 Å². The Hall–Kier alpha value is -3.56. The Kier molecular flexibility index (Phi) is 7.58. The van der Waals surface area contributed by atoms with Gasteiger partial charge in [-0.05, 0) is 25.7 Å². The van der Waals surface area contributed by atoms with E-state index in [4.69, 9.17) is 10.6 Å². The first-order chi connectivity index (χ1) is 18.4. The third-order valence-corrected chi connectivity index (χ3v) is 8.45. The Balaban J connectivity index is 1.29. The molecule has 2 fully saturated rings. The molecule has 1 unspecified atom stereocenters. The molecular formula is C23H25N7O6S2. The summed E-state index contributed by atoms with van der Waals surface area (Å²) in [6.45, 7) is -0.00355. The quantitative estimate of drug-likeness (QED) is 0.145. The van der Waals surface area contributed by atoms with Crippen molar-refractivity contribution in [3.8, 4) is 0 Å². The zero-order valence-corrected chi connectivity index (χ0v) is 21.7. The predicted octanol–water partition coefficient (Wildman–Crippen LogP) is -1.22. The lowest BCUT2D eigenvalue weighted by Gasteiger charge is -2.50. The number of β-lactam (4-membered cyclic amide) rings is 1. The highest BCUT2D eigenvalue weighted by Gasteiger charge is 2.53. The molecule has 5 rings (SSSR count). The number of nitrogens with two attached hydrogens (primary N) is 1. The first-order valence-electron chi connectivity index (χ1n) is 12.0. The lowest BCUT2D eigenvalue weighted by molar-refractivity contribution is -0.689. The number of thioether (sulfide) groups is 1. The number of hydrogen-bond donors (Lipinski definition) is 3. The standard InChI is InChI=1S/C23H25N7O6S2/c24-23-26-18(28-38-23)16(27-36-14-3-1-2-4-14)19(32)25-17-20(33)30-15(10-31)13(11-37-21(17)30)9-29-7-5-12(6-8-29)22(34)35/h5-8,14,17,21,31H,1-4,9-11H2,(H3-,24,25,26,28,32,34,35)/t17?,21-/m0/s1. The molecule has 13 nitrogen and oxygen atoms in total. The maximum atomic E-state index is 13.2. The SMILES string of the molecule is Nc1nc(C(=NOC2CCCC2)C(=O)NC2C(=O)N3C(CO)=C(C[n+]4ccc(C(=O)[O-])cc4)CS[C@@H]23)ns1. The van der Waals surface area contributed by atoms with E-state index in [9.17, 15) is 24.6 Å². The number of oxime groups is 1. The number of aliphatic hydroxyl groups is 1. The van der Waals surface area contributed by atoms with Gasteiger partial charge in [0.05, 0.1) is 18.3 Å². The monoisotopic (exact) mass is 559 g/mol. The van der Waals surface area contributed by atoms with Crippen LogP contribution in [0.5, 0.6) is 0 Å². The number of fused-ring (bicyclic) bond motifs is 1. The number of nitrogens with zero attached hydrogens (tertiary/aromatic N) is 5. The number of rotatable bonds is 9. The van der Waals surface area contributed by atoms with Crippen LogP contribution in [0.2, 0.25) is 0 Å². The van der Waals surface area contributed by atoms with Crippen LogP contribution in [-0.2, 0) is 21.0 Å². The first kappa shape index (κ1) is 26.1. The third-order valence-electron chi connectivity index (χ3n) is 6.57. The molecule has 38 heavy (non-hydrogen) atoms. The number of nitrogen functional groups attached to an aromatic ring is 1. The Bertz CT molecular complexity index is 1310. The number of hydrogen-bond acceptors (Lipinski definition) is 12. The normalized spacial score (nSPS) is 21.8. The summed E-state index contributed by atoms with van der Waals surface area (Å²) in [5.41, 5.74) is 6.88. The van der Waals surface area contributed by atoms with Gasteiger partial charge in [-0.25, -0.2) is 4.57 Å². The highest BCUT2D eigenvalue weighted by atomic mass is 32.2. The van der Waals surface area contributed by atoms with E-state index in [1.54, 1.807) is 17.0 Å². The van der Waals surface area contributed by atoms with Crippen LogP contribution in [0.1, 0.15) is 41.9 Å². The highest BCUT2D eigenvalue weighted by molar-refractivity contribution is 8.00. The molecule has 0 spiro atoms. The molecular weight excluding hydrogens is 534 g/mol. The maximum Gasteiger partial charge on any atom is 0.278 e. The lowest BCUT2D eigenvalue weighted by atomic mass is 10.0. The van der Waals surface area contributed by atoms with E-state index in [0.29, 0.717) is 18.0 Å². The molecule has 1 aliphatic carbocycles. The van der Waals surface area contributed by atoms with E-state index in [1.807, 2.05) is 0 Å². The number of aliphatic hydroxyl groups excluding tert-OH is 1. The van der Waals surface area contributed by atoms with Crippen LogP contribution in [0.15, 0.2) is 41.0 Å².